The van der Waals surface area contributed by atoms with Gasteiger partial charge < -0.3 is 4.74 Å². The number of benzene rings is 1. The molecule has 0 spiro atoms. The molecule has 3 rings (SSSR count). The quantitative estimate of drug-likeness (QED) is 0.829. The normalized spacial score (nSPS) is 19.2. The van der Waals surface area contributed by atoms with Crippen molar-refractivity contribution < 1.29 is 4.74 Å². The van der Waals surface area contributed by atoms with Crippen molar-refractivity contribution in [1.82, 2.24) is 9.88 Å². The molecule has 1 saturated heterocycles. The van der Waals surface area contributed by atoms with Gasteiger partial charge in [0.15, 0.2) is 0 Å². The predicted octanol–water partition coefficient (Wildman–Crippen LogP) is 4.07. The molecule has 1 aliphatic heterocycles. The van der Waals surface area contributed by atoms with Gasteiger partial charge >= 0.3 is 0 Å². The smallest absolute Gasteiger partial charge is 0.123 e. The summed E-state index contributed by atoms with van der Waals surface area (Å²) in [7, 11) is 0. The van der Waals surface area contributed by atoms with E-state index in [1.54, 1.807) is 11.3 Å². The van der Waals surface area contributed by atoms with Crippen LogP contribution in [0.15, 0.2) is 30.5 Å². The Balaban J connectivity index is 1.62. The zero-order chi connectivity index (χ0) is 14.7. The van der Waals surface area contributed by atoms with Gasteiger partial charge in [-0.2, -0.15) is 0 Å². The van der Waals surface area contributed by atoms with E-state index in [0.717, 1.165) is 48.3 Å². The first kappa shape index (κ1) is 15.0. The Hall–Kier alpha value is -0.940. The molecule has 0 saturated carbocycles. The van der Waals surface area contributed by atoms with E-state index >= 15 is 0 Å². The van der Waals surface area contributed by atoms with Crippen LogP contribution < -0.4 is 0 Å². The lowest BCUT2D eigenvalue weighted by molar-refractivity contribution is 0.0684. The van der Waals surface area contributed by atoms with Crippen molar-refractivity contribution in [2.45, 2.75) is 26.0 Å². The molecule has 5 heteroatoms. The number of hydrogen-bond donors (Lipinski definition) is 0. The van der Waals surface area contributed by atoms with Gasteiger partial charge in [-0.05, 0) is 25.5 Å². The van der Waals surface area contributed by atoms with E-state index in [9.17, 15) is 0 Å². The van der Waals surface area contributed by atoms with Crippen molar-refractivity contribution in [2.24, 2.45) is 0 Å². The van der Waals surface area contributed by atoms with Crippen molar-refractivity contribution >= 4 is 22.9 Å². The van der Waals surface area contributed by atoms with Crippen molar-refractivity contribution in [2.75, 3.05) is 19.7 Å². The summed E-state index contributed by atoms with van der Waals surface area (Å²) in [4.78, 5) is 8.28. The van der Waals surface area contributed by atoms with Crippen LogP contribution in [0.2, 0.25) is 5.02 Å². The van der Waals surface area contributed by atoms with Crippen molar-refractivity contribution in [1.29, 1.82) is 0 Å². The summed E-state index contributed by atoms with van der Waals surface area (Å²) < 4.78 is 5.69. The third-order valence-corrected chi connectivity index (χ3v) is 4.94. The van der Waals surface area contributed by atoms with Gasteiger partial charge in [0, 0.05) is 47.9 Å². The van der Waals surface area contributed by atoms with E-state index in [2.05, 4.69) is 16.8 Å². The monoisotopic (exact) mass is 322 g/mol. The van der Waals surface area contributed by atoms with E-state index in [0.29, 0.717) is 6.10 Å². The van der Waals surface area contributed by atoms with E-state index in [1.165, 1.54) is 4.88 Å². The second-order valence-corrected chi connectivity index (χ2v) is 6.79. The van der Waals surface area contributed by atoms with Crippen LogP contribution in [0.25, 0.3) is 10.6 Å². The number of aromatic nitrogens is 1. The Morgan fingerprint density at radius 1 is 1.38 bits per heavy atom. The topological polar surface area (TPSA) is 25.4 Å². The van der Waals surface area contributed by atoms with Crippen LogP contribution in [0.5, 0.6) is 0 Å². The number of nitrogens with zero attached hydrogens (tertiary/aromatic N) is 2. The minimum Gasteiger partial charge on any atom is -0.377 e. The maximum atomic E-state index is 5.92. The minimum absolute atomic E-state index is 0.402. The van der Waals surface area contributed by atoms with Crippen LogP contribution in [-0.2, 0) is 11.3 Å². The molecule has 0 radical (unpaired) electrons. The molecule has 1 aliphatic rings. The van der Waals surface area contributed by atoms with Gasteiger partial charge in [-0.3, -0.25) is 4.90 Å². The zero-order valence-electron chi connectivity index (χ0n) is 12.1. The first-order chi connectivity index (χ1) is 10.2. The Labute approximate surface area is 134 Å². The van der Waals surface area contributed by atoms with Crippen LogP contribution in [-0.4, -0.2) is 35.7 Å². The molecule has 1 aromatic heterocycles. The predicted molar refractivity (Wildman–Crippen MR) is 87.9 cm³/mol. The third kappa shape index (κ3) is 3.83. The molecule has 0 N–H and O–H groups in total. The molecule has 3 nitrogen and oxygen atoms in total. The molecule has 2 aromatic rings. The highest BCUT2D eigenvalue weighted by Gasteiger charge is 2.23. The summed E-state index contributed by atoms with van der Waals surface area (Å²) in [6, 6.07) is 7.86. The van der Waals surface area contributed by atoms with E-state index in [1.807, 2.05) is 30.5 Å². The minimum atomic E-state index is 0.402. The lowest BCUT2D eigenvalue weighted by Crippen LogP contribution is -2.22. The van der Waals surface area contributed by atoms with Crippen LogP contribution >= 0.6 is 22.9 Å². The average Bonchev–Trinajstić information content (AvgIpc) is 3.11. The number of ether oxygens (including phenoxy) is 1. The van der Waals surface area contributed by atoms with Crippen LogP contribution in [0.1, 0.15) is 18.2 Å². The molecule has 0 amide bonds. The van der Waals surface area contributed by atoms with Gasteiger partial charge in [0.05, 0.1) is 6.10 Å². The van der Waals surface area contributed by atoms with Crippen molar-refractivity contribution in [3.63, 3.8) is 0 Å². The Morgan fingerprint density at radius 3 is 2.95 bits per heavy atom. The fourth-order valence-corrected chi connectivity index (χ4v) is 3.73. The number of hydrogen-bond acceptors (Lipinski definition) is 4. The number of rotatable bonds is 5. The first-order valence-electron chi connectivity index (χ1n) is 7.29. The summed E-state index contributed by atoms with van der Waals surface area (Å²) >= 11 is 7.68. The van der Waals surface area contributed by atoms with Gasteiger partial charge in [-0.25, -0.2) is 4.98 Å². The fraction of sp³-hybridized carbons (Fsp3) is 0.438. The largest absolute Gasteiger partial charge is 0.377 e. The Kier molecular flexibility index (Phi) is 4.91. The highest BCUT2D eigenvalue weighted by atomic mass is 35.5. The molecule has 112 valence electrons. The number of thiazole rings is 1. The standard InChI is InChI=1S/C16H19ClN2OS/c1-2-20-14-7-8-19(10-14)11-15-9-18-16(21-15)12-3-5-13(17)6-4-12/h3-6,9,14H,2,7-8,10-11H2,1H3/t14-/m0/s1. The van der Waals surface area contributed by atoms with Crippen LogP contribution in [0.4, 0.5) is 0 Å². The van der Waals surface area contributed by atoms with Gasteiger partial charge in [0.1, 0.15) is 5.01 Å². The van der Waals surface area contributed by atoms with Crippen LogP contribution in [0, 0.1) is 0 Å². The van der Waals surface area contributed by atoms with Gasteiger partial charge in [-0.1, -0.05) is 23.7 Å². The molecule has 0 bridgehead atoms. The lowest BCUT2D eigenvalue weighted by atomic mass is 10.2. The summed E-state index contributed by atoms with van der Waals surface area (Å²) in [6.07, 6.45) is 3.53. The highest BCUT2D eigenvalue weighted by Crippen LogP contribution is 2.27. The van der Waals surface area contributed by atoms with E-state index < -0.39 is 0 Å². The Morgan fingerprint density at radius 2 is 2.19 bits per heavy atom. The summed E-state index contributed by atoms with van der Waals surface area (Å²) in [5.74, 6) is 0. The molecule has 21 heavy (non-hydrogen) atoms. The molecular weight excluding hydrogens is 304 g/mol. The van der Waals surface area contributed by atoms with Crippen LogP contribution in [0.3, 0.4) is 0 Å². The second kappa shape index (κ2) is 6.88. The first-order valence-corrected chi connectivity index (χ1v) is 8.48. The van der Waals surface area contributed by atoms with E-state index in [4.69, 9.17) is 16.3 Å². The zero-order valence-corrected chi connectivity index (χ0v) is 13.7. The average molecular weight is 323 g/mol. The summed E-state index contributed by atoms with van der Waals surface area (Å²) in [5, 5.41) is 1.82. The van der Waals surface area contributed by atoms with Crippen molar-refractivity contribution in [3.8, 4) is 10.6 Å². The third-order valence-electron chi connectivity index (χ3n) is 3.66. The van der Waals surface area contributed by atoms with Gasteiger partial charge in [-0.15, -0.1) is 11.3 Å². The van der Waals surface area contributed by atoms with Gasteiger partial charge in [0.25, 0.3) is 0 Å². The second-order valence-electron chi connectivity index (χ2n) is 5.24. The molecule has 0 unspecified atom stereocenters. The molecule has 1 fully saturated rings. The Bertz CT molecular complexity index is 584. The molecule has 1 aromatic carbocycles. The SMILES string of the molecule is CCO[C@H]1CCN(Cc2cnc(-c3ccc(Cl)cc3)s2)C1. The molecule has 2 heterocycles. The highest BCUT2D eigenvalue weighted by molar-refractivity contribution is 7.15. The number of likely N-dealkylation sites (tertiary alicyclic amines) is 1. The van der Waals surface area contributed by atoms with Crippen molar-refractivity contribution in [3.05, 3.63) is 40.4 Å². The van der Waals surface area contributed by atoms with E-state index in [-0.39, 0.29) is 0 Å². The maximum Gasteiger partial charge on any atom is 0.123 e. The number of halogens is 1. The van der Waals surface area contributed by atoms with Gasteiger partial charge in [0.2, 0.25) is 0 Å². The molecule has 0 aliphatic carbocycles. The summed E-state index contributed by atoms with van der Waals surface area (Å²) in [6.45, 7) is 5.97. The maximum absolute atomic E-state index is 5.92. The lowest BCUT2D eigenvalue weighted by Gasteiger charge is -2.14. The fourth-order valence-electron chi connectivity index (χ4n) is 2.64. The molecule has 1 atom stereocenters. The molecular formula is C16H19ClN2OS. The summed E-state index contributed by atoms with van der Waals surface area (Å²) in [5.41, 5.74) is 1.13.